The van der Waals surface area contributed by atoms with Crippen molar-refractivity contribution in [2.45, 2.75) is 5.16 Å². The molecule has 0 aliphatic carbocycles. The molecule has 1 heterocycles. The molecule has 3 aromatic carbocycles. The van der Waals surface area contributed by atoms with Crippen molar-refractivity contribution < 1.29 is 14.3 Å². The van der Waals surface area contributed by atoms with Crippen LogP contribution in [0.25, 0.3) is 16.6 Å². The van der Waals surface area contributed by atoms with Crippen LogP contribution in [0.1, 0.15) is 15.9 Å². The van der Waals surface area contributed by atoms with Crippen LogP contribution in [0.3, 0.4) is 0 Å². The number of hydrazone groups is 1. The number of rotatable bonds is 7. The fourth-order valence-electron chi connectivity index (χ4n) is 3.19. The van der Waals surface area contributed by atoms with Crippen molar-refractivity contribution in [3.05, 3.63) is 98.7 Å². The number of benzene rings is 3. The van der Waals surface area contributed by atoms with Gasteiger partial charge < -0.3 is 4.74 Å². The summed E-state index contributed by atoms with van der Waals surface area (Å²) in [4.78, 5) is 41.8. The molecule has 35 heavy (non-hydrogen) atoms. The highest BCUT2D eigenvalue weighted by Gasteiger charge is 2.14. The molecule has 0 spiro atoms. The van der Waals surface area contributed by atoms with Gasteiger partial charge in [0.05, 0.1) is 41.2 Å². The lowest BCUT2D eigenvalue weighted by Gasteiger charge is -2.13. The van der Waals surface area contributed by atoms with E-state index in [1.54, 1.807) is 42.5 Å². The number of para-hydroxylation sites is 1. The van der Waals surface area contributed by atoms with Crippen molar-refractivity contribution >= 4 is 56.7 Å². The zero-order chi connectivity index (χ0) is 24.8. The van der Waals surface area contributed by atoms with Gasteiger partial charge in [0.1, 0.15) is 0 Å². The zero-order valence-corrected chi connectivity index (χ0v) is 20.9. The van der Waals surface area contributed by atoms with Crippen LogP contribution in [0.2, 0.25) is 0 Å². The Labute approximate surface area is 213 Å². The number of carbonyl (C=O) groups excluding carboxylic acids is 2. The number of amides is 1. The van der Waals surface area contributed by atoms with E-state index in [4.69, 9.17) is 0 Å². The molecular weight excluding hydrogens is 532 g/mol. The van der Waals surface area contributed by atoms with Crippen LogP contribution in [0.15, 0.2) is 92.3 Å². The maximum atomic E-state index is 13.2. The Morgan fingerprint density at radius 3 is 2.51 bits per heavy atom. The van der Waals surface area contributed by atoms with Gasteiger partial charge in [-0.2, -0.15) is 5.10 Å². The zero-order valence-electron chi connectivity index (χ0n) is 18.5. The molecule has 176 valence electrons. The van der Waals surface area contributed by atoms with Gasteiger partial charge in [-0.1, -0.05) is 52.0 Å². The minimum atomic E-state index is -0.428. The first-order valence-corrected chi connectivity index (χ1v) is 12.1. The molecule has 4 aromatic rings. The van der Waals surface area contributed by atoms with Crippen molar-refractivity contribution in [2.75, 3.05) is 12.9 Å². The maximum absolute atomic E-state index is 13.2. The van der Waals surface area contributed by atoms with Crippen LogP contribution in [0, 0.1) is 0 Å². The molecular formula is C25H19BrN4O4S. The van der Waals surface area contributed by atoms with Crippen LogP contribution in [0.4, 0.5) is 0 Å². The maximum Gasteiger partial charge on any atom is 0.337 e. The van der Waals surface area contributed by atoms with Crippen molar-refractivity contribution in [2.24, 2.45) is 5.10 Å². The molecule has 1 amide bonds. The highest BCUT2D eigenvalue weighted by Crippen LogP contribution is 2.22. The summed E-state index contributed by atoms with van der Waals surface area (Å²) >= 11 is 4.54. The van der Waals surface area contributed by atoms with Gasteiger partial charge >= 0.3 is 5.97 Å². The summed E-state index contributed by atoms with van der Waals surface area (Å²) in [6, 6.07) is 21.0. The molecule has 1 aromatic heterocycles. The molecule has 1 N–H and O–H groups in total. The van der Waals surface area contributed by atoms with Crippen molar-refractivity contribution in [3.8, 4) is 5.69 Å². The van der Waals surface area contributed by atoms with Gasteiger partial charge in [-0.3, -0.25) is 14.2 Å². The van der Waals surface area contributed by atoms with Gasteiger partial charge in [0.25, 0.3) is 11.5 Å². The summed E-state index contributed by atoms with van der Waals surface area (Å²) in [5.74, 6) is -0.787. The molecule has 0 fully saturated rings. The fourth-order valence-corrected chi connectivity index (χ4v) is 4.26. The van der Waals surface area contributed by atoms with Crippen LogP contribution >= 0.6 is 27.7 Å². The largest absolute Gasteiger partial charge is 0.465 e. The molecule has 0 atom stereocenters. The molecule has 0 unspecified atom stereocenters. The number of halogens is 1. The lowest BCUT2D eigenvalue weighted by Crippen LogP contribution is -2.24. The number of fused-ring (bicyclic) bond motifs is 1. The number of thioether (sulfide) groups is 1. The Kier molecular flexibility index (Phi) is 7.74. The van der Waals surface area contributed by atoms with Gasteiger partial charge in [0.15, 0.2) is 5.16 Å². The Bertz CT molecular complexity index is 1470. The van der Waals surface area contributed by atoms with Crippen molar-refractivity contribution in [3.63, 3.8) is 0 Å². The lowest BCUT2D eigenvalue weighted by atomic mass is 10.1. The van der Waals surface area contributed by atoms with E-state index < -0.39 is 5.97 Å². The lowest BCUT2D eigenvalue weighted by molar-refractivity contribution is -0.118. The van der Waals surface area contributed by atoms with E-state index in [2.05, 4.69) is 36.2 Å². The average molecular weight is 551 g/mol. The monoisotopic (exact) mass is 550 g/mol. The van der Waals surface area contributed by atoms with E-state index in [0.29, 0.717) is 32.9 Å². The summed E-state index contributed by atoms with van der Waals surface area (Å²) in [7, 11) is 1.32. The molecule has 0 saturated carbocycles. The highest BCUT2D eigenvalue weighted by molar-refractivity contribution is 9.10. The third-order valence-corrected chi connectivity index (χ3v) is 6.36. The predicted octanol–water partition coefficient (Wildman–Crippen LogP) is 4.18. The number of esters is 1. The first kappa shape index (κ1) is 24.4. The van der Waals surface area contributed by atoms with E-state index in [1.165, 1.54) is 17.9 Å². The van der Waals surface area contributed by atoms with E-state index >= 15 is 0 Å². The minimum absolute atomic E-state index is 0.0000727. The summed E-state index contributed by atoms with van der Waals surface area (Å²) in [5.41, 5.74) is 4.58. The fraction of sp³-hybridized carbons (Fsp3) is 0.0800. The molecule has 10 heteroatoms. The number of aromatic nitrogens is 2. The number of nitrogens with zero attached hydrogens (tertiary/aromatic N) is 3. The molecule has 0 bridgehead atoms. The summed E-state index contributed by atoms with van der Waals surface area (Å²) in [6.07, 6.45) is 1.47. The van der Waals surface area contributed by atoms with Crippen molar-refractivity contribution in [1.29, 1.82) is 0 Å². The minimum Gasteiger partial charge on any atom is -0.465 e. The van der Waals surface area contributed by atoms with Gasteiger partial charge in [0.2, 0.25) is 0 Å². The van der Waals surface area contributed by atoms with Crippen LogP contribution in [-0.2, 0) is 9.53 Å². The van der Waals surface area contributed by atoms with Crippen LogP contribution in [-0.4, -0.2) is 40.5 Å². The SMILES string of the molecule is COC(=O)c1ccc(C=NNC(=O)CSc2nc3ccccc3c(=O)n2-c2ccc(Br)cc2)cc1. The topological polar surface area (TPSA) is 103 Å². The Morgan fingerprint density at radius 2 is 1.80 bits per heavy atom. The highest BCUT2D eigenvalue weighted by atomic mass is 79.9. The molecule has 8 nitrogen and oxygen atoms in total. The van der Waals surface area contributed by atoms with Crippen molar-refractivity contribution in [1.82, 2.24) is 15.0 Å². The summed E-state index contributed by atoms with van der Waals surface area (Å²) < 4.78 is 7.05. The Balaban J connectivity index is 1.49. The van der Waals surface area contributed by atoms with E-state index in [0.717, 1.165) is 16.2 Å². The van der Waals surface area contributed by atoms with Crippen LogP contribution < -0.4 is 11.0 Å². The molecule has 4 rings (SSSR count). The number of ether oxygens (including phenoxy) is 1. The summed E-state index contributed by atoms with van der Waals surface area (Å²) in [6.45, 7) is 0. The molecule has 0 aliphatic heterocycles. The van der Waals surface area contributed by atoms with E-state index in [9.17, 15) is 14.4 Å². The predicted molar refractivity (Wildman–Crippen MR) is 139 cm³/mol. The number of carbonyl (C=O) groups is 2. The third kappa shape index (κ3) is 5.84. The number of hydrogen-bond donors (Lipinski definition) is 1. The quantitative estimate of drug-likeness (QED) is 0.122. The van der Waals surface area contributed by atoms with E-state index in [1.807, 2.05) is 30.3 Å². The van der Waals surface area contributed by atoms with E-state index in [-0.39, 0.29) is 17.2 Å². The Morgan fingerprint density at radius 1 is 1.09 bits per heavy atom. The third-order valence-electron chi connectivity index (χ3n) is 4.90. The standard InChI is InChI=1S/C25H19BrN4O4S/c1-34-24(33)17-8-6-16(7-9-17)14-27-29-22(31)15-35-25-28-21-5-3-2-4-20(21)23(32)30(25)19-12-10-18(26)11-13-19/h2-14H,15H2,1H3,(H,29,31). The normalized spacial score (nSPS) is 11.0. The number of hydrogen-bond acceptors (Lipinski definition) is 7. The number of nitrogens with one attached hydrogen (secondary N) is 1. The second-order valence-corrected chi connectivity index (χ2v) is 9.08. The van der Waals surface area contributed by atoms with Crippen LogP contribution in [0.5, 0.6) is 0 Å². The van der Waals surface area contributed by atoms with Gasteiger partial charge in [-0.15, -0.1) is 0 Å². The Hall–Kier alpha value is -3.76. The average Bonchev–Trinajstić information content (AvgIpc) is 2.88. The second-order valence-electron chi connectivity index (χ2n) is 7.22. The second kappa shape index (κ2) is 11.1. The molecule has 0 saturated heterocycles. The first-order valence-electron chi connectivity index (χ1n) is 10.4. The van der Waals surface area contributed by atoms with Gasteiger partial charge in [0, 0.05) is 4.47 Å². The van der Waals surface area contributed by atoms with Gasteiger partial charge in [-0.25, -0.2) is 15.2 Å². The molecule has 0 radical (unpaired) electrons. The smallest absolute Gasteiger partial charge is 0.337 e. The first-order chi connectivity index (χ1) is 17.0. The molecule has 0 aliphatic rings. The summed E-state index contributed by atoms with van der Waals surface area (Å²) in [5, 5.41) is 4.85. The number of methoxy groups -OCH3 is 1. The van der Waals surface area contributed by atoms with Gasteiger partial charge in [-0.05, 0) is 54.1 Å².